The summed E-state index contributed by atoms with van der Waals surface area (Å²) in [6.07, 6.45) is 0. The highest BCUT2D eigenvalue weighted by Gasteiger charge is 2.27. The van der Waals surface area contributed by atoms with Gasteiger partial charge in [0.15, 0.2) is 5.75 Å². The Morgan fingerprint density at radius 3 is 2.07 bits per heavy atom. The second kappa shape index (κ2) is 9.43. The van der Waals surface area contributed by atoms with E-state index in [2.05, 4.69) is 5.32 Å². The first-order chi connectivity index (χ1) is 14.4. The van der Waals surface area contributed by atoms with Crippen molar-refractivity contribution in [2.24, 2.45) is 0 Å². The number of amides is 1. The molecule has 3 aromatic carbocycles. The van der Waals surface area contributed by atoms with Gasteiger partial charge < -0.3 is 10.1 Å². The summed E-state index contributed by atoms with van der Waals surface area (Å²) in [5.74, 6) is 0.590. The first-order valence-corrected chi connectivity index (χ1v) is 10.6. The highest BCUT2D eigenvalue weighted by atomic mass is 32.2. The first-order valence-electron chi connectivity index (χ1n) is 9.25. The minimum atomic E-state index is -3.86. The van der Waals surface area contributed by atoms with Crippen molar-refractivity contribution in [1.82, 2.24) is 4.31 Å². The normalized spacial score (nSPS) is 11.2. The summed E-state index contributed by atoms with van der Waals surface area (Å²) in [4.78, 5) is 12.8. The molecule has 0 aliphatic carbocycles. The number of ether oxygens (including phenoxy) is 1. The Bertz CT molecular complexity index is 1090. The third kappa shape index (κ3) is 5.16. The Labute approximate surface area is 176 Å². The van der Waals surface area contributed by atoms with Crippen LogP contribution in [0, 0.1) is 0 Å². The molecule has 0 spiro atoms. The van der Waals surface area contributed by atoms with Gasteiger partial charge in [0.05, 0.1) is 11.4 Å². The van der Waals surface area contributed by atoms with Gasteiger partial charge in [-0.2, -0.15) is 12.7 Å². The maximum atomic E-state index is 12.8. The Kier molecular flexibility index (Phi) is 6.71. The van der Waals surface area contributed by atoms with Crippen molar-refractivity contribution in [1.29, 1.82) is 0 Å². The molecule has 0 heterocycles. The van der Waals surface area contributed by atoms with E-state index >= 15 is 0 Å². The zero-order valence-corrected chi connectivity index (χ0v) is 17.5. The maximum Gasteiger partial charge on any atom is 0.304 e. The Morgan fingerprint density at radius 2 is 1.43 bits per heavy atom. The fraction of sp³-hybridized carbons (Fsp3) is 0.136. The molecule has 3 aromatic rings. The van der Waals surface area contributed by atoms with Gasteiger partial charge in [-0.3, -0.25) is 4.79 Å². The van der Waals surface area contributed by atoms with Crippen LogP contribution in [0.1, 0.15) is 0 Å². The van der Waals surface area contributed by atoms with Gasteiger partial charge in [-0.25, -0.2) is 4.31 Å². The number of benzene rings is 3. The summed E-state index contributed by atoms with van der Waals surface area (Å²) in [6.45, 7) is -0.385. The summed E-state index contributed by atoms with van der Waals surface area (Å²) in [6, 6.07) is 24.7. The number of nitrogens with one attached hydrogen (secondary N) is 1. The molecule has 0 radical (unpaired) electrons. The molecule has 0 aliphatic rings. The number of hydrogen-bond acceptors (Lipinski definition) is 4. The van der Waals surface area contributed by atoms with Gasteiger partial charge in [0.2, 0.25) is 5.91 Å². The largest absolute Gasteiger partial charge is 0.455 e. The van der Waals surface area contributed by atoms with Crippen LogP contribution in [0.2, 0.25) is 0 Å². The summed E-state index contributed by atoms with van der Waals surface area (Å²) in [5.41, 5.74) is 0.844. The predicted octanol–water partition coefficient (Wildman–Crippen LogP) is 3.73. The van der Waals surface area contributed by atoms with Gasteiger partial charge in [0, 0.05) is 14.1 Å². The van der Waals surface area contributed by atoms with Gasteiger partial charge in [-0.1, -0.05) is 48.5 Å². The molecule has 0 bridgehead atoms. The van der Waals surface area contributed by atoms with Crippen LogP contribution in [-0.4, -0.2) is 39.3 Å². The lowest BCUT2D eigenvalue weighted by molar-refractivity contribution is -0.114. The van der Waals surface area contributed by atoms with Gasteiger partial charge in [-0.05, 0) is 36.4 Å². The van der Waals surface area contributed by atoms with E-state index in [1.807, 2.05) is 18.2 Å². The fourth-order valence-corrected chi connectivity index (χ4v) is 3.75. The molecule has 1 amide bonds. The van der Waals surface area contributed by atoms with E-state index < -0.39 is 16.1 Å². The SMILES string of the molecule is CN(C)S(=O)(=O)N(CC(=O)Nc1ccccc1Oc1ccccc1)c1ccccc1. The van der Waals surface area contributed by atoms with Crippen LogP contribution in [0.4, 0.5) is 11.4 Å². The quantitative estimate of drug-likeness (QED) is 0.596. The molecular formula is C22H23N3O4S. The molecule has 30 heavy (non-hydrogen) atoms. The number of rotatable bonds is 8. The summed E-state index contributed by atoms with van der Waals surface area (Å²) in [5, 5.41) is 2.75. The average Bonchev–Trinajstić information content (AvgIpc) is 2.74. The van der Waals surface area contributed by atoms with Gasteiger partial charge >= 0.3 is 10.2 Å². The Hall–Kier alpha value is -3.36. The van der Waals surface area contributed by atoms with Crippen molar-refractivity contribution in [2.45, 2.75) is 0 Å². The molecule has 7 nitrogen and oxygen atoms in total. The third-order valence-corrected chi connectivity index (χ3v) is 6.02. The van der Waals surface area contributed by atoms with Crippen molar-refractivity contribution in [2.75, 3.05) is 30.3 Å². The molecular weight excluding hydrogens is 402 g/mol. The molecule has 0 aromatic heterocycles. The molecule has 0 atom stereocenters. The molecule has 8 heteroatoms. The minimum absolute atomic E-state index is 0.385. The van der Waals surface area contributed by atoms with Crippen LogP contribution in [0.5, 0.6) is 11.5 Å². The highest BCUT2D eigenvalue weighted by molar-refractivity contribution is 7.90. The maximum absolute atomic E-state index is 12.8. The van der Waals surface area contributed by atoms with Crippen molar-refractivity contribution in [3.63, 3.8) is 0 Å². The topological polar surface area (TPSA) is 79.0 Å². The molecule has 3 rings (SSSR count). The van der Waals surface area contributed by atoms with E-state index in [0.717, 1.165) is 8.61 Å². The van der Waals surface area contributed by atoms with Crippen molar-refractivity contribution >= 4 is 27.5 Å². The molecule has 0 fully saturated rings. The van der Waals surface area contributed by atoms with Crippen LogP contribution in [0.25, 0.3) is 0 Å². The molecule has 0 unspecified atom stereocenters. The predicted molar refractivity (Wildman–Crippen MR) is 118 cm³/mol. The van der Waals surface area contributed by atoms with E-state index in [0.29, 0.717) is 22.9 Å². The number of hydrogen-bond donors (Lipinski definition) is 1. The Balaban J connectivity index is 1.81. The van der Waals surface area contributed by atoms with Crippen LogP contribution < -0.4 is 14.4 Å². The standard InChI is InChI=1S/C22H23N3O4S/c1-24(2)30(27,28)25(18-11-5-3-6-12-18)17-22(26)23-20-15-9-10-16-21(20)29-19-13-7-4-8-14-19/h3-16H,17H2,1-2H3,(H,23,26). The monoisotopic (exact) mass is 425 g/mol. The molecule has 0 saturated carbocycles. The molecule has 156 valence electrons. The molecule has 0 aliphatic heterocycles. The van der Waals surface area contributed by atoms with Crippen LogP contribution in [0.15, 0.2) is 84.9 Å². The number of carbonyl (C=O) groups excluding carboxylic acids is 1. The van der Waals surface area contributed by atoms with Crippen molar-refractivity contribution < 1.29 is 17.9 Å². The molecule has 1 N–H and O–H groups in total. The number of carbonyl (C=O) groups is 1. The second-order valence-electron chi connectivity index (χ2n) is 6.59. The van der Waals surface area contributed by atoms with Gasteiger partial charge in [-0.15, -0.1) is 0 Å². The highest BCUT2D eigenvalue weighted by Crippen LogP contribution is 2.29. The van der Waals surface area contributed by atoms with Gasteiger partial charge in [0.25, 0.3) is 0 Å². The summed E-state index contributed by atoms with van der Waals surface area (Å²) >= 11 is 0. The van der Waals surface area contributed by atoms with Gasteiger partial charge in [0.1, 0.15) is 12.3 Å². The average molecular weight is 426 g/mol. The van der Waals surface area contributed by atoms with Crippen molar-refractivity contribution in [3.8, 4) is 11.5 Å². The van der Waals surface area contributed by atoms with E-state index in [9.17, 15) is 13.2 Å². The number of para-hydroxylation sites is 4. The van der Waals surface area contributed by atoms with E-state index in [-0.39, 0.29) is 6.54 Å². The number of anilines is 2. The smallest absolute Gasteiger partial charge is 0.304 e. The number of nitrogens with zero attached hydrogens (tertiary/aromatic N) is 2. The first kappa shape index (κ1) is 21.4. The lowest BCUT2D eigenvalue weighted by Crippen LogP contribution is -2.44. The van der Waals surface area contributed by atoms with E-state index in [4.69, 9.17) is 4.74 Å². The zero-order chi connectivity index (χ0) is 21.6. The van der Waals surface area contributed by atoms with Crippen LogP contribution in [0.3, 0.4) is 0 Å². The summed E-state index contributed by atoms with van der Waals surface area (Å²) in [7, 11) is -1.02. The second-order valence-corrected chi connectivity index (χ2v) is 8.66. The summed E-state index contributed by atoms with van der Waals surface area (Å²) < 4.78 is 33.5. The third-order valence-electron chi connectivity index (χ3n) is 4.20. The fourth-order valence-electron chi connectivity index (χ4n) is 2.69. The van der Waals surface area contributed by atoms with E-state index in [1.54, 1.807) is 66.7 Å². The van der Waals surface area contributed by atoms with E-state index in [1.165, 1.54) is 14.1 Å². The van der Waals surface area contributed by atoms with Crippen LogP contribution in [-0.2, 0) is 15.0 Å². The Morgan fingerprint density at radius 1 is 0.867 bits per heavy atom. The lowest BCUT2D eigenvalue weighted by Gasteiger charge is -2.27. The lowest BCUT2D eigenvalue weighted by atomic mass is 10.2. The van der Waals surface area contributed by atoms with Crippen molar-refractivity contribution in [3.05, 3.63) is 84.9 Å². The van der Waals surface area contributed by atoms with Crippen LogP contribution >= 0.6 is 0 Å². The zero-order valence-electron chi connectivity index (χ0n) is 16.7. The minimum Gasteiger partial charge on any atom is -0.455 e. The molecule has 0 saturated heterocycles.